The van der Waals surface area contributed by atoms with E-state index in [9.17, 15) is 13.2 Å². The molecule has 144 valence electrons. The third-order valence-corrected chi connectivity index (χ3v) is 7.25. The molecule has 0 spiro atoms. The molecule has 1 unspecified atom stereocenters. The van der Waals surface area contributed by atoms with Crippen LogP contribution in [-0.2, 0) is 27.7 Å². The maximum absolute atomic E-state index is 12.3. The van der Waals surface area contributed by atoms with Crippen LogP contribution < -0.4 is 5.32 Å². The highest BCUT2D eigenvalue weighted by molar-refractivity contribution is 7.91. The van der Waals surface area contributed by atoms with Crippen LogP contribution in [0.2, 0.25) is 0 Å². The maximum atomic E-state index is 12.3. The average molecular weight is 380 g/mol. The third kappa shape index (κ3) is 5.05. The molecule has 0 saturated carbocycles. The molecular weight excluding hydrogens is 350 g/mol. The second-order valence-corrected chi connectivity index (χ2v) is 9.53. The van der Waals surface area contributed by atoms with Crippen LogP contribution >= 0.6 is 0 Å². The summed E-state index contributed by atoms with van der Waals surface area (Å²) in [6.07, 6.45) is 0.442. The number of hydrogen-bond acceptors (Lipinski definition) is 5. The minimum absolute atomic E-state index is 0.0117. The minimum atomic E-state index is -3.03. The summed E-state index contributed by atoms with van der Waals surface area (Å²) in [6, 6.07) is 8.18. The summed E-state index contributed by atoms with van der Waals surface area (Å²) in [6.45, 7) is 8.98. The van der Waals surface area contributed by atoms with Crippen molar-refractivity contribution >= 4 is 15.7 Å². The van der Waals surface area contributed by atoms with Crippen LogP contribution in [0.1, 0.15) is 24.5 Å². The first-order valence-electron chi connectivity index (χ1n) is 9.46. The fourth-order valence-corrected chi connectivity index (χ4v) is 5.46. The van der Waals surface area contributed by atoms with Gasteiger partial charge in [-0.1, -0.05) is 31.2 Å². The van der Waals surface area contributed by atoms with Gasteiger partial charge in [0.2, 0.25) is 5.91 Å². The summed E-state index contributed by atoms with van der Waals surface area (Å²) in [5.74, 6) is -0.417. The van der Waals surface area contributed by atoms with Crippen molar-refractivity contribution < 1.29 is 13.2 Å². The van der Waals surface area contributed by atoms with Crippen molar-refractivity contribution in [1.82, 2.24) is 15.1 Å². The molecule has 2 heterocycles. The topological polar surface area (TPSA) is 69.7 Å². The molecule has 6 nitrogen and oxygen atoms in total. The van der Waals surface area contributed by atoms with Gasteiger partial charge in [0.25, 0.3) is 0 Å². The number of sulfone groups is 1. The van der Waals surface area contributed by atoms with Crippen molar-refractivity contribution in [3.63, 3.8) is 0 Å². The normalized spacial score (nSPS) is 23.8. The van der Waals surface area contributed by atoms with Crippen LogP contribution in [0.3, 0.4) is 0 Å². The molecule has 0 radical (unpaired) electrons. The second-order valence-electron chi connectivity index (χ2n) is 7.30. The predicted molar refractivity (Wildman–Crippen MR) is 102 cm³/mol. The fraction of sp³-hybridized carbons (Fsp3) is 0.632. The molecule has 1 aromatic rings. The molecule has 1 amide bonds. The first-order valence-corrected chi connectivity index (χ1v) is 11.3. The van der Waals surface area contributed by atoms with Crippen LogP contribution in [0, 0.1) is 5.92 Å². The second kappa shape index (κ2) is 8.50. The Balaban J connectivity index is 1.55. The van der Waals surface area contributed by atoms with Crippen LogP contribution in [0.4, 0.5) is 0 Å². The zero-order valence-electron chi connectivity index (χ0n) is 15.5. The van der Waals surface area contributed by atoms with Crippen LogP contribution in [0.25, 0.3) is 0 Å². The lowest BCUT2D eigenvalue weighted by Crippen LogP contribution is -2.45. The molecule has 2 fully saturated rings. The monoisotopic (exact) mass is 379 g/mol. The van der Waals surface area contributed by atoms with Crippen molar-refractivity contribution in [1.29, 1.82) is 0 Å². The lowest BCUT2D eigenvalue weighted by molar-refractivity contribution is -0.124. The van der Waals surface area contributed by atoms with E-state index in [0.29, 0.717) is 13.0 Å². The summed E-state index contributed by atoms with van der Waals surface area (Å²) in [7, 11) is -3.03. The van der Waals surface area contributed by atoms with Gasteiger partial charge < -0.3 is 10.2 Å². The molecule has 3 rings (SSSR count). The van der Waals surface area contributed by atoms with Gasteiger partial charge in [-0.3, -0.25) is 9.69 Å². The highest BCUT2D eigenvalue weighted by Gasteiger charge is 2.32. The summed E-state index contributed by atoms with van der Waals surface area (Å²) < 4.78 is 23.1. The Labute approximate surface area is 156 Å². The molecule has 0 aliphatic carbocycles. The average Bonchev–Trinajstić information content (AvgIpc) is 3.01. The van der Waals surface area contributed by atoms with E-state index in [4.69, 9.17) is 0 Å². The van der Waals surface area contributed by atoms with Crippen LogP contribution in [0.15, 0.2) is 24.3 Å². The number of carbonyl (C=O) groups excluding carboxylic acids is 1. The quantitative estimate of drug-likeness (QED) is 0.794. The maximum Gasteiger partial charge on any atom is 0.224 e. The Morgan fingerprint density at radius 2 is 1.77 bits per heavy atom. The van der Waals surface area contributed by atoms with E-state index < -0.39 is 15.8 Å². The molecule has 7 heteroatoms. The first-order chi connectivity index (χ1) is 12.5. The molecular formula is C19H29N3O3S. The number of likely N-dealkylation sites (N-methyl/N-ethyl adjacent to an activating group) is 1. The van der Waals surface area contributed by atoms with Crippen molar-refractivity contribution in [2.75, 3.05) is 44.2 Å². The summed E-state index contributed by atoms with van der Waals surface area (Å²) in [5.41, 5.74) is 2.34. The van der Waals surface area contributed by atoms with E-state index in [0.717, 1.165) is 44.8 Å². The fourth-order valence-electron chi connectivity index (χ4n) is 3.72. The summed E-state index contributed by atoms with van der Waals surface area (Å²) in [5, 5.41) is 2.94. The van der Waals surface area contributed by atoms with E-state index in [1.165, 1.54) is 5.56 Å². The summed E-state index contributed by atoms with van der Waals surface area (Å²) in [4.78, 5) is 17.2. The van der Waals surface area contributed by atoms with Gasteiger partial charge in [-0.05, 0) is 24.1 Å². The smallest absolute Gasteiger partial charge is 0.224 e. The molecule has 2 aliphatic heterocycles. The van der Waals surface area contributed by atoms with Crippen molar-refractivity contribution in [3.05, 3.63) is 35.4 Å². The van der Waals surface area contributed by atoms with Crippen LogP contribution in [-0.4, -0.2) is 68.4 Å². The van der Waals surface area contributed by atoms with E-state index in [-0.39, 0.29) is 17.4 Å². The SMILES string of the molecule is CCN1CCN(Cc2ccccc2CNC(=O)C2CCS(=O)(=O)C2)CC1. The minimum Gasteiger partial charge on any atom is -0.352 e. The number of carbonyl (C=O) groups is 1. The number of piperazine rings is 1. The number of hydrogen-bond donors (Lipinski definition) is 1. The van der Waals surface area contributed by atoms with Crippen molar-refractivity contribution in [2.45, 2.75) is 26.4 Å². The van der Waals surface area contributed by atoms with E-state index in [2.05, 4.69) is 28.1 Å². The highest BCUT2D eigenvalue weighted by Crippen LogP contribution is 2.19. The van der Waals surface area contributed by atoms with Gasteiger partial charge in [-0.15, -0.1) is 0 Å². The van der Waals surface area contributed by atoms with E-state index >= 15 is 0 Å². The molecule has 2 aliphatic rings. The lowest BCUT2D eigenvalue weighted by Gasteiger charge is -2.34. The Bertz CT molecular complexity index is 727. The Kier molecular flexibility index (Phi) is 6.32. The van der Waals surface area contributed by atoms with Gasteiger partial charge in [-0.25, -0.2) is 8.42 Å². The van der Waals surface area contributed by atoms with Crippen molar-refractivity contribution in [2.24, 2.45) is 5.92 Å². The van der Waals surface area contributed by atoms with Gasteiger partial charge in [0.15, 0.2) is 9.84 Å². The largest absolute Gasteiger partial charge is 0.352 e. The van der Waals surface area contributed by atoms with Gasteiger partial charge in [0, 0.05) is 39.3 Å². The van der Waals surface area contributed by atoms with Gasteiger partial charge >= 0.3 is 0 Å². The van der Waals surface area contributed by atoms with E-state index in [1.807, 2.05) is 18.2 Å². The number of nitrogens with one attached hydrogen (secondary N) is 1. The zero-order chi connectivity index (χ0) is 18.6. The Morgan fingerprint density at radius 3 is 2.38 bits per heavy atom. The summed E-state index contributed by atoms with van der Waals surface area (Å²) >= 11 is 0. The predicted octanol–water partition coefficient (Wildman–Crippen LogP) is 0.875. The van der Waals surface area contributed by atoms with Gasteiger partial charge in [0.05, 0.1) is 17.4 Å². The molecule has 1 aromatic carbocycles. The molecule has 1 N–H and O–H groups in total. The Morgan fingerprint density at radius 1 is 1.12 bits per heavy atom. The van der Waals surface area contributed by atoms with E-state index in [1.54, 1.807) is 0 Å². The Hall–Kier alpha value is -1.44. The lowest BCUT2D eigenvalue weighted by atomic mass is 10.1. The number of benzene rings is 1. The van der Waals surface area contributed by atoms with Gasteiger partial charge in [-0.2, -0.15) is 0 Å². The molecule has 1 atom stereocenters. The highest BCUT2D eigenvalue weighted by atomic mass is 32.2. The molecule has 0 bridgehead atoms. The van der Waals surface area contributed by atoms with Crippen LogP contribution in [0.5, 0.6) is 0 Å². The number of rotatable bonds is 6. The third-order valence-electron chi connectivity index (χ3n) is 5.48. The molecule has 2 saturated heterocycles. The van der Waals surface area contributed by atoms with Crippen molar-refractivity contribution in [3.8, 4) is 0 Å². The molecule has 26 heavy (non-hydrogen) atoms. The molecule has 0 aromatic heterocycles. The first kappa shape index (κ1) is 19.3. The number of nitrogens with zero attached hydrogens (tertiary/aromatic N) is 2. The standard InChI is InChI=1S/C19H29N3O3S/c1-2-21-8-10-22(11-9-21)14-17-6-4-3-5-16(17)13-20-19(23)18-7-12-26(24,25)15-18/h3-6,18H,2,7-15H2,1H3,(H,20,23). The zero-order valence-corrected chi connectivity index (χ0v) is 16.3. The van der Waals surface area contributed by atoms with Gasteiger partial charge in [0.1, 0.15) is 0 Å². The number of amides is 1.